The predicted molar refractivity (Wildman–Crippen MR) is 58.8 cm³/mol. The first-order valence-electron chi connectivity index (χ1n) is 5.09. The van der Waals surface area contributed by atoms with Crippen molar-refractivity contribution >= 4 is 0 Å². The van der Waals surface area contributed by atoms with Gasteiger partial charge in [0.2, 0.25) is 0 Å². The highest BCUT2D eigenvalue weighted by Crippen LogP contribution is 2.15. The molecule has 0 aromatic carbocycles. The number of nitrogens with one attached hydrogen (secondary N) is 1. The van der Waals surface area contributed by atoms with Gasteiger partial charge in [-0.2, -0.15) is 0 Å². The van der Waals surface area contributed by atoms with Gasteiger partial charge in [0.05, 0.1) is 0 Å². The Hall–Kier alpha value is -0.800. The third-order valence-electron chi connectivity index (χ3n) is 2.42. The van der Waals surface area contributed by atoms with Crippen LogP contribution in [0, 0.1) is 0 Å². The van der Waals surface area contributed by atoms with E-state index in [1.807, 2.05) is 6.92 Å². The minimum absolute atomic E-state index is 0.408. The van der Waals surface area contributed by atoms with E-state index in [0.29, 0.717) is 0 Å². The molecule has 1 unspecified atom stereocenters. The lowest BCUT2D eigenvalue weighted by molar-refractivity contribution is 0.157. The van der Waals surface area contributed by atoms with Gasteiger partial charge in [-0.05, 0) is 20.3 Å². The van der Waals surface area contributed by atoms with Crippen molar-refractivity contribution in [3.63, 3.8) is 0 Å². The quantitative estimate of drug-likeness (QED) is 0.510. The van der Waals surface area contributed by atoms with Crippen molar-refractivity contribution in [1.29, 1.82) is 0 Å². The van der Waals surface area contributed by atoms with Crippen LogP contribution in [-0.4, -0.2) is 35.9 Å². The number of rotatable bonds is 5. The van der Waals surface area contributed by atoms with Gasteiger partial charge in [-0.1, -0.05) is 18.2 Å². The van der Waals surface area contributed by atoms with E-state index in [1.165, 1.54) is 5.57 Å². The Balaban J connectivity index is 2.19. The van der Waals surface area contributed by atoms with Gasteiger partial charge in [-0.3, -0.25) is 5.32 Å². The van der Waals surface area contributed by atoms with Crippen molar-refractivity contribution in [2.75, 3.05) is 19.6 Å². The van der Waals surface area contributed by atoms with Crippen molar-refractivity contribution in [3.05, 3.63) is 23.9 Å². The maximum atomic E-state index is 9.01. The Kier molecular flexibility index (Phi) is 4.17. The summed E-state index contributed by atoms with van der Waals surface area (Å²) in [5.41, 5.74) is 2.56. The molecule has 0 saturated carbocycles. The standard InChI is InChI=1S/C11H20N2O/c1-9(2)13-7-5-11(8-13)4-6-12-10(3)14/h5,10,12,14H,1,4,6-8H2,2-3H3. The Labute approximate surface area is 86.1 Å². The third-order valence-corrected chi connectivity index (χ3v) is 2.42. The van der Waals surface area contributed by atoms with Gasteiger partial charge in [0.25, 0.3) is 0 Å². The van der Waals surface area contributed by atoms with E-state index in [9.17, 15) is 0 Å². The fourth-order valence-electron chi connectivity index (χ4n) is 1.53. The van der Waals surface area contributed by atoms with E-state index >= 15 is 0 Å². The largest absolute Gasteiger partial charge is 0.379 e. The van der Waals surface area contributed by atoms with Crippen LogP contribution in [0.25, 0.3) is 0 Å². The van der Waals surface area contributed by atoms with Crippen molar-refractivity contribution < 1.29 is 5.11 Å². The van der Waals surface area contributed by atoms with Crippen LogP contribution in [0.1, 0.15) is 20.3 Å². The minimum Gasteiger partial charge on any atom is -0.379 e. The fourth-order valence-corrected chi connectivity index (χ4v) is 1.53. The summed E-state index contributed by atoms with van der Waals surface area (Å²) in [6, 6.07) is 0. The van der Waals surface area contributed by atoms with Crippen LogP contribution in [0.5, 0.6) is 0 Å². The lowest BCUT2D eigenvalue weighted by atomic mass is 10.2. The summed E-state index contributed by atoms with van der Waals surface area (Å²) in [5, 5.41) is 12.0. The molecule has 0 aromatic rings. The van der Waals surface area contributed by atoms with Gasteiger partial charge in [0.1, 0.15) is 6.23 Å². The monoisotopic (exact) mass is 196 g/mol. The molecule has 0 radical (unpaired) electrons. The normalized spacial score (nSPS) is 18.2. The number of hydrogen-bond acceptors (Lipinski definition) is 3. The van der Waals surface area contributed by atoms with E-state index in [0.717, 1.165) is 31.8 Å². The summed E-state index contributed by atoms with van der Waals surface area (Å²) < 4.78 is 0. The molecule has 1 heterocycles. The lowest BCUT2D eigenvalue weighted by Gasteiger charge is -2.18. The molecule has 0 fully saturated rings. The van der Waals surface area contributed by atoms with E-state index in [4.69, 9.17) is 5.11 Å². The van der Waals surface area contributed by atoms with Crippen LogP contribution < -0.4 is 5.32 Å². The van der Waals surface area contributed by atoms with Crippen LogP contribution in [-0.2, 0) is 0 Å². The summed E-state index contributed by atoms with van der Waals surface area (Å²) in [5.74, 6) is 0. The molecular weight excluding hydrogens is 176 g/mol. The van der Waals surface area contributed by atoms with Crippen LogP contribution in [0.3, 0.4) is 0 Å². The molecule has 3 nitrogen and oxygen atoms in total. The van der Waals surface area contributed by atoms with E-state index in [2.05, 4.69) is 22.9 Å². The first-order valence-corrected chi connectivity index (χ1v) is 5.09. The summed E-state index contributed by atoms with van der Waals surface area (Å²) in [4.78, 5) is 2.25. The average molecular weight is 196 g/mol. The second-order valence-corrected chi connectivity index (χ2v) is 3.86. The summed E-state index contributed by atoms with van der Waals surface area (Å²) in [6.07, 6.45) is 2.85. The smallest absolute Gasteiger partial charge is 0.102 e. The Bertz CT molecular complexity index is 233. The number of hydrogen-bond donors (Lipinski definition) is 2. The zero-order chi connectivity index (χ0) is 10.6. The highest BCUT2D eigenvalue weighted by atomic mass is 16.3. The fraction of sp³-hybridized carbons (Fsp3) is 0.636. The molecule has 0 bridgehead atoms. The van der Waals surface area contributed by atoms with Gasteiger partial charge in [0, 0.05) is 25.3 Å². The maximum absolute atomic E-state index is 9.01. The number of aliphatic hydroxyl groups excluding tert-OH is 1. The highest BCUT2D eigenvalue weighted by Gasteiger charge is 2.12. The number of allylic oxidation sites excluding steroid dienone is 1. The third kappa shape index (κ3) is 3.52. The molecular formula is C11H20N2O. The van der Waals surface area contributed by atoms with Gasteiger partial charge in [-0.25, -0.2) is 0 Å². The van der Waals surface area contributed by atoms with Crippen molar-refractivity contribution in [1.82, 2.24) is 10.2 Å². The van der Waals surface area contributed by atoms with Crippen LogP contribution in [0.4, 0.5) is 0 Å². The lowest BCUT2D eigenvalue weighted by Crippen LogP contribution is -2.27. The highest BCUT2D eigenvalue weighted by molar-refractivity contribution is 5.15. The molecule has 1 rings (SSSR count). The molecule has 14 heavy (non-hydrogen) atoms. The molecule has 0 amide bonds. The van der Waals surface area contributed by atoms with E-state index in [1.54, 1.807) is 6.92 Å². The summed E-state index contributed by atoms with van der Waals surface area (Å²) in [6.45, 7) is 10.5. The Morgan fingerprint density at radius 2 is 2.50 bits per heavy atom. The van der Waals surface area contributed by atoms with Crippen LogP contribution in [0.2, 0.25) is 0 Å². The molecule has 0 saturated heterocycles. The van der Waals surface area contributed by atoms with E-state index < -0.39 is 6.23 Å². The maximum Gasteiger partial charge on any atom is 0.102 e. The second-order valence-electron chi connectivity index (χ2n) is 3.86. The zero-order valence-electron chi connectivity index (χ0n) is 9.08. The average Bonchev–Trinajstić information content (AvgIpc) is 2.52. The molecule has 1 atom stereocenters. The molecule has 0 aromatic heterocycles. The second kappa shape index (κ2) is 5.17. The van der Waals surface area contributed by atoms with Gasteiger partial charge < -0.3 is 10.0 Å². The predicted octanol–water partition coefficient (Wildman–Crippen LogP) is 1.08. The number of aliphatic hydroxyl groups is 1. The van der Waals surface area contributed by atoms with Crippen molar-refractivity contribution in [3.8, 4) is 0 Å². The zero-order valence-corrected chi connectivity index (χ0v) is 9.08. The molecule has 0 aliphatic carbocycles. The van der Waals surface area contributed by atoms with E-state index in [-0.39, 0.29) is 0 Å². The summed E-state index contributed by atoms with van der Waals surface area (Å²) >= 11 is 0. The molecule has 0 spiro atoms. The Morgan fingerprint density at radius 1 is 1.79 bits per heavy atom. The molecule has 3 heteroatoms. The van der Waals surface area contributed by atoms with Crippen molar-refractivity contribution in [2.45, 2.75) is 26.5 Å². The topological polar surface area (TPSA) is 35.5 Å². The minimum atomic E-state index is -0.408. The number of nitrogens with zero attached hydrogens (tertiary/aromatic N) is 1. The SMILES string of the molecule is C=C(C)N1CC=C(CCNC(C)O)C1. The molecule has 80 valence electrons. The van der Waals surface area contributed by atoms with Gasteiger partial charge in [0.15, 0.2) is 0 Å². The molecule has 2 N–H and O–H groups in total. The van der Waals surface area contributed by atoms with Crippen molar-refractivity contribution in [2.24, 2.45) is 0 Å². The molecule has 1 aliphatic heterocycles. The Morgan fingerprint density at radius 3 is 3.00 bits per heavy atom. The first kappa shape index (κ1) is 11.3. The molecule has 1 aliphatic rings. The van der Waals surface area contributed by atoms with Crippen LogP contribution in [0.15, 0.2) is 23.9 Å². The van der Waals surface area contributed by atoms with Crippen LogP contribution >= 0.6 is 0 Å². The van der Waals surface area contributed by atoms with Gasteiger partial charge >= 0.3 is 0 Å². The first-order chi connectivity index (χ1) is 6.59. The van der Waals surface area contributed by atoms with Gasteiger partial charge in [-0.15, -0.1) is 0 Å². The summed E-state index contributed by atoms with van der Waals surface area (Å²) in [7, 11) is 0.